The minimum atomic E-state index is -0.0860. The van der Waals surface area contributed by atoms with Gasteiger partial charge in [0.15, 0.2) is 4.34 Å². The highest BCUT2D eigenvalue weighted by molar-refractivity contribution is 8.01. The van der Waals surface area contributed by atoms with Gasteiger partial charge in [-0.2, -0.15) is 5.26 Å². The molecule has 2 aromatic carbocycles. The lowest BCUT2D eigenvalue weighted by Crippen LogP contribution is -2.14. The van der Waals surface area contributed by atoms with Gasteiger partial charge in [-0.15, -0.1) is 23.1 Å². The van der Waals surface area contributed by atoms with Crippen LogP contribution in [0.1, 0.15) is 5.56 Å². The smallest absolute Gasteiger partial charge is 0.234 e. The number of hydrogen-bond acceptors (Lipinski definition) is 6. The van der Waals surface area contributed by atoms with E-state index in [2.05, 4.69) is 47.6 Å². The third kappa shape index (κ3) is 5.60. The van der Waals surface area contributed by atoms with Gasteiger partial charge in [0.2, 0.25) is 5.91 Å². The third-order valence-electron chi connectivity index (χ3n) is 3.61. The molecule has 4 nitrogen and oxygen atoms in total. The quantitative estimate of drug-likeness (QED) is 0.523. The van der Waals surface area contributed by atoms with Gasteiger partial charge in [-0.25, -0.2) is 4.98 Å². The number of nitrogens with one attached hydrogen (secondary N) is 1. The first-order valence-corrected chi connectivity index (χ1v) is 11.0. The number of amides is 1. The lowest BCUT2D eigenvalue weighted by Gasteiger charge is -2.09. The van der Waals surface area contributed by atoms with E-state index in [4.69, 9.17) is 5.26 Å². The van der Waals surface area contributed by atoms with Gasteiger partial charge >= 0.3 is 0 Å². The molecule has 0 atom stereocenters. The zero-order chi connectivity index (χ0) is 19.1. The summed E-state index contributed by atoms with van der Waals surface area (Å²) >= 11 is 4.38. The molecule has 0 spiro atoms. The summed E-state index contributed by atoms with van der Waals surface area (Å²) in [6.45, 7) is 2.06. The molecule has 0 radical (unpaired) electrons. The molecule has 1 N–H and O–H groups in total. The Morgan fingerprint density at radius 1 is 1.19 bits per heavy atom. The van der Waals surface area contributed by atoms with Crippen molar-refractivity contribution < 1.29 is 4.79 Å². The van der Waals surface area contributed by atoms with Crippen LogP contribution < -0.4 is 5.32 Å². The van der Waals surface area contributed by atoms with Crippen molar-refractivity contribution in [1.82, 2.24) is 4.98 Å². The molecule has 136 valence electrons. The minimum Gasteiger partial charge on any atom is -0.324 e. The summed E-state index contributed by atoms with van der Waals surface area (Å²) in [5.74, 6) is 0.553. The number of carbonyl (C=O) groups is 1. The zero-order valence-electron chi connectivity index (χ0n) is 14.6. The Labute approximate surface area is 171 Å². The van der Waals surface area contributed by atoms with E-state index in [0.717, 1.165) is 26.2 Å². The number of thiazole rings is 1. The fourth-order valence-electron chi connectivity index (χ4n) is 2.30. The molecule has 0 aliphatic rings. The summed E-state index contributed by atoms with van der Waals surface area (Å²) in [6.07, 6.45) is 0. The van der Waals surface area contributed by atoms with Crippen molar-refractivity contribution in [2.45, 2.75) is 16.2 Å². The van der Waals surface area contributed by atoms with E-state index >= 15 is 0 Å². The molecular formula is C20H17N3OS3. The summed E-state index contributed by atoms with van der Waals surface area (Å²) < 4.78 is 0.868. The molecule has 3 rings (SSSR count). The Morgan fingerprint density at radius 3 is 2.74 bits per heavy atom. The molecule has 0 saturated carbocycles. The highest BCUT2D eigenvalue weighted by atomic mass is 32.2. The average Bonchev–Trinajstić information content (AvgIpc) is 3.15. The standard InChI is InChI=1S/C20H17N3OS3/c1-14-6-8-15(9-7-14)17-12-26-20(23-17)27-13-19(24)22-16-4-2-3-5-18(16)25-11-10-21/h2-9,12H,11,13H2,1H3,(H,22,24). The number of thioether (sulfide) groups is 2. The van der Waals surface area contributed by atoms with Gasteiger partial charge in [0, 0.05) is 15.8 Å². The van der Waals surface area contributed by atoms with Crippen LogP contribution in [-0.4, -0.2) is 22.4 Å². The summed E-state index contributed by atoms with van der Waals surface area (Å²) in [5.41, 5.74) is 3.97. The number of rotatable bonds is 7. The number of anilines is 1. The van der Waals surface area contributed by atoms with Crippen molar-refractivity contribution in [2.24, 2.45) is 0 Å². The molecule has 3 aromatic rings. The van der Waals surface area contributed by atoms with Crippen molar-refractivity contribution in [3.8, 4) is 17.3 Å². The molecule has 1 amide bonds. The number of aryl methyl sites for hydroxylation is 1. The number of benzene rings is 2. The summed E-state index contributed by atoms with van der Waals surface area (Å²) in [4.78, 5) is 17.8. The number of nitrogens with zero attached hydrogens (tertiary/aromatic N) is 2. The Morgan fingerprint density at radius 2 is 1.96 bits per heavy atom. The number of carbonyl (C=O) groups excluding carboxylic acids is 1. The maximum Gasteiger partial charge on any atom is 0.234 e. The molecule has 0 fully saturated rings. The third-order valence-corrected chi connectivity index (χ3v) is 6.57. The molecule has 27 heavy (non-hydrogen) atoms. The first-order valence-electron chi connectivity index (χ1n) is 8.19. The van der Waals surface area contributed by atoms with Crippen LogP contribution >= 0.6 is 34.9 Å². The maximum absolute atomic E-state index is 12.3. The van der Waals surface area contributed by atoms with E-state index < -0.39 is 0 Å². The lowest BCUT2D eigenvalue weighted by molar-refractivity contribution is -0.113. The number of para-hydroxylation sites is 1. The number of hydrogen-bond donors (Lipinski definition) is 1. The Hall–Kier alpha value is -2.27. The highest BCUT2D eigenvalue weighted by Crippen LogP contribution is 2.29. The molecule has 1 aromatic heterocycles. The molecule has 0 bridgehead atoms. The summed E-state index contributed by atoms with van der Waals surface area (Å²) in [6, 6.07) is 17.9. The normalized spacial score (nSPS) is 10.4. The Bertz CT molecular complexity index is 961. The Balaban J connectivity index is 1.57. The van der Waals surface area contributed by atoms with E-state index in [1.165, 1.54) is 29.1 Å². The van der Waals surface area contributed by atoms with Gasteiger partial charge in [-0.05, 0) is 19.1 Å². The predicted molar refractivity (Wildman–Crippen MR) is 114 cm³/mol. The number of nitriles is 1. The van der Waals surface area contributed by atoms with E-state index in [1.807, 2.05) is 29.6 Å². The monoisotopic (exact) mass is 411 g/mol. The van der Waals surface area contributed by atoms with E-state index in [0.29, 0.717) is 5.75 Å². The van der Waals surface area contributed by atoms with Crippen molar-refractivity contribution in [3.05, 3.63) is 59.5 Å². The molecular weight excluding hydrogens is 394 g/mol. The van der Waals surface area contributed by atoms with Gasteiger partial charge < -0.3 is 5.32 Å². The summed E-state index contributed by atoms with van der Waals surface area (Å²) in [5, 5.41) is 13.7. The predicted octanol–water partition coefficient (Wildman–Crippen LogP) is 5.47. The highest BCUT2D eigenvalue weighted by Gasteiger charge is 2.10. The number of aromatic nitrogens is 1. The Kier molecular flexibility index (Phi) is 6.93. The van der Waals surface area contributed by atoms with Gasteiger partial charge in [0.05, 0.1) is 29.0 Å². The van der Waals surface area contributed by atoms with E-state index in [1.54, 1.807) is 11.3 Å². The SMILES string of the molecule is Cc1ccc(-c2csc(SCC(=O)Nc3ccccc3SCC#N)n2)cc1. The molecule has 1 heterocycles. The van der Waals surface area contributed by atoms with Crippen molar-refractivity contribution in [3.63, 3.8) is 0 Å². The van der Waals surface area contributed by atoms with Crippen LogP contribution in [0, 0.1) is 18.3 Å². The van der Waals surface area contributed by atoms with Crippen LogP contribution in [0.2, 0.25) is 0 Å². The molecule has 0 aliphatic carbocycles. The van der Waals surface area contributed by atoms with Crippen molar-refractivity contribution in [2.75, 3.05) is 16.8 Å². The van der Waals surface area contributed by atoms with Gasteiger partial charge in [-0.1, -0.05) is 53.7 Å². The first kappa shape index (κ1) is 19.5. The molecule has 0 saturated heterocycles. The molecule has 0 aliphatic heterocycles. The van der Waals surface area contributed by atoms with Gasteiger partial charge in [0.1, 0.15) is 0 Å². The average molecular weight is 412 g/mol. The fourth-order valence-corrected chi connectivity index (χ4v) is 4.60. The zero-order valence-corrected chi connectivity index (χ0v) is 17.1. The second-order valence-corrected chi connectivity index (χ2v) is 8.74. The largest absolute Gasteiger partial charge is 0.324 e. The molecule has 7 heteroatoms. The van der Waals surface area contributed by atoms with Crippen LogP contribution in [-0.2, 0) is 4.79 Å². The van der Waals surface area contributed by atoms with Crippen LogP contribution in [0.25, 0.3) is 11.3 Å². The van der Waals surface area contributed by atoms with Crippen LogP contribution in [0.5, 0.6) is 0 Å². The van der Waals surface area contributed by atoms with Gasteiger partial charge in [0.25, 0.3) is 0 Å². The van der Waals surface area contributed by atoms with Crippen LogP contribution in [0.4, 0.5) is 5.69 Å². The lowest BCUT2D eigenvalue weighted by atomic mass is 10.1. The maximum atomic E-state index is 12.3. The second kappa shape index (κ2) is 9.60. The van der Waals surface area contributed by atoms with Gasteiger partial charge in [-0.3, -0.25) is 4.79 Å². The first-order chi connectivity index (χ1) is 13.2. The van der Waals surface area contributed by atoms with E-state index in [9.17, 15) is 4.79 Å². The van der Waals surface area contributed by atoms with Crippen molar-refractivity contribution >= 4 is 46.5 Å². The van der Waals surface area contributed by atoms with Crippen LogP contribution in [0.3, 0.4) is 0 Å². The molecule has 0 unspecified atom stereocenters. The summed E-state index contributed by atoms with van der Waals surface area (Å²) in [7, 11) is 0. The fraction of sp³-hybridized carbons (Fsp3) is 0.150. The second-order valence-electron chi connectivity index (χ2n) is 5.64. The topological polar surface area (TPSA) is 65.8 Å². The van der Waals surface area contributed by atoms with Crippen LogP contribution in [0.15, 0.2) is 63.1 Å². The minimum absolute atomic E-state index is 0.0860. The van der Waals surface area contributed by atoms with E-state index in [-0.39, 0.29) is 11.7 Å². The van der Waals surface area contributed by atoms with Crippen molar-refractivity contribution in [1.29, 1.82) is 5.26 Å².